The first-order chi connectivity index (χ1) is 15.7. The molecule has 4 rings (SSSR count). The summed E-state index contributed by atoms with van der Waals surface area (Å²) in [6, 6.07) is 0. The summed E-state index contributed by atoms with van der Waals surface area (Å²) in [5.41, 5.74) is 8.51. The molecule has 0 radical (unpaired) electrons. The summed E-state index contributed by atoms with van der Waals surface area (Å²) >= 11 is 0. The standard InChI is InChI=1S/C27H42N5O/c1-19(13-16-32-18-31(6)25-23(32)24(30-33-7)28-17-29-25)9-11-21-20(2)10-12-22-26(3,4)14-8-15-27(21,22)5/h13,17-18,21-22H,2,8-12,14-16H2,1,3-7H3,(H,28,29,30)/q+1/b19-13+/t21-,22-,27+/m0/s1. The molecule has 2 aromatic heterocycles. The number of aryl methyl sites for hydroxylation is 1. The fraction of sp³-hybridized carbons (Fsp3) is 0.667. The van der Waals surface area contributed by atoms with Gasteiger partial charge in [0.25, 0.3) is 0 Å². The number of rotatable bonds is 7. The van der Waals surface area contributed by atoms with Gasteiger partial charge >= 0.3 is 5.65 Å². The van der Waals surface area contributed by atoms with E-state index >= 15 is 0 Å². The Morgan fingerprint density at radius 2 is 2.12 bits per heavy atom. The lowest BCUT2D eigenvalue weighted by Gasteiger charge is -2.58. The number of hydrogen-bond donors (Lipinski definition) is 1. The van der Waals surface area contributed by atoms with Gasteiger partial charge in [0.2, 0.25) is 5.52 Å². The predicted octanol–water partition coefficient (Wildman–Crippen LogP) is 5.75. The maximum atomic E-state index is 5.12. The minimum Gasteiger partial charge on any atom is -0.278 e. The van der Waals surface area contributed by atoms with E-state index < -0.39 is 0 Å². The predicted molar refractivity (Wildman–Crippen MR) is 133 cm³/mol. The Hall–Kier alpha value is -2.21. The Morgan fingerprint density at radius 3 is 2.88 bits per heavy atom. The average Bonchev–Trinajstić information content (AvgIpc) is 3.08. The minimum atomic E-state index is 0.403. The van der Waals surface area contributed by atoms with Crippen molar-refractivity contribution in [1.82, 2.24) is 14.5 Å². The molecule has 180 valence electrons. The van der Waals surface area contributed by atoms with Crippen molar-refractivity contribution in [2.45, 2.75) is 79.2 Å². The Kier molecular flexibility index (Phi) is 6.68. The van der Waals surface area contributed by atoms with Crippen LogP contribution in [0, 0.1) is 22.7 Å². The second kappa shape index (κ2) is 9.21. The van der Waals surface area contributed by atoms with Crippen molar-refractivity contribution >= 4 is 17.0 Å². The van der Waals surface area contributed by atoms with Gasteiger partial charge in [-0.25, -0.2) is 10.0 Å². The molecule has 3 atom stereocenters. The van der Waals surface area contributed by atoms with Crippen LogP contribution in [0.25, 0.3) is 11.2 Å². The van der Waals surface area contributed by atoms with Gasteiger partial charge in [0.1, 0.15) is 0 Å². The summed E-state index contributed by atoms with van der Waals surface area (Å²) < 4.78 is 4.21. The number of allylic oxidation sites excluding steroid dienone is 3. The van der Waals surface area contributed by atoms with Crippen molar-refractivity contribution < 1.29 is 9.40 Å². The number of anilines is 1. The molecule has 0 aliphatic heterocycles. The topological polar surface area (TPSA) is 55.9 Å². The van der Waals surface area contributed by atoms with Crippen LogP contribution in [0.4, 0.5) is 5.82 Å². The van der Waals surface area contributed by atoms with E-state index in [1.807, 2.05) is 11.6 Å². The number of imidazole rings is 1. The molecule has 2 aromatic rings. The Labute approximate surface area is 199 Å². The first-order valence-corrected chi connectivity index (χ1v) is 12.5. The molecule has 0 unspecified atom stereocenters. The highest BCUT2D eigenvalue weighted by Crippen LogP contribution is 2.61. The van der Waals surface area contributed by atoms with Crippen molar-refractivity contribution in [3.8, 4) is 0 Å². The SMILES string of the molecule is C=C1CC[C@H]2C(C)(C)CCC[C@]2(C)[C@H]1CC/C(C)=C/Cn1c[n+](C)c2ncnc(NOC)c21. The molecule has 1 N–H and O–H groups in total. The van der Waals surface area contributed by atoms with Crippen LogP contribution in [0.5, 0.6) is 0 Å². The summed E-state index contributed by atoms with van der Waals surface area (Å²) in [6.45, 7) is 15.2. The van der Waals surface area contributed by atoms with E-state index in [9.17, 15) is 0 Å². The largest absolute Gasteiger partial charge is 0.307 e. The summed E-state index contributed by atoms with van der Waals surface area (Å²) in [7, 11) is 3.61. The molecule has 2 aliphatic rings. The van der Waals surface area contributed by atoms with E-state index in [-0.39, 0.29) is 0 Å². The van der Waals surface area contributed by atoms with Crippen molar-refractivity contribution in [2.24, 2.45) is 29.7 Å². The molecule has 0 amide bonds. The molecular weight excluding hydrogens is 410 g/mol. The smallest absolute Gasteiger partial charge is 0.278 e. The highest BCUT2D eigenvalue weighted by atomic mass is 16.6. The van der Waals surface area contributed by atoms with Gasteiger partial charge in [-0.05, 0) is 68.1 Å². The van der Waals surface area contributed by atoms with Crippen molar-refractivity contribution in [1.29, 1.82) is 0 Å². The van der Waals surface area contributed by atoms with Crippen LogP contribution in [0.1, 0.15) is 72.6 Å². The number of aromatic nitrogens is 4. The molecule has 6 heteroatoms. The molecule has 6 nitrogen and oxygen atoms in total. The van der Waals surface area contributed by atoms with Gasteiger partial charge in [0.05, 0.1) is 20.7 Å². The molecule has 0 bridgehead atoms. The maximum absolute atomic E-state index is 5.12. The number of fused-ring (bicyclic) bond motifs is 2. The van der Waals surface area contributed by atoms with E-state index in [4.69, 9.17) is 4.84 Å². The zero-order chi connectivity index (χ0) is 23.8. The zero-order valence-electron chi connectivity index (χ0n) is 21.4. The number of nitrogens with zero attached hydrogens (tertiary/aromatic N) is 4. The Morgan fingerprint density at radius 1 is 1.33 bits per heavy atom. The van der Waals surface area contributed by atoms with Crippen molar-refractivity contribution in [3.63, 3.8) is 0 Å². The Balaban J connectivity index is 1.48. The average molecular weight is 453 g/mol. The van der Waals surface area contributed by atoms with Gasteiger partial charge in [0.15, 0.2) is 18.5 Å². The maximum Gasteiger partial charge on any atom is 0.307 e. The van der Waals surface area contributed by atoms with Crippen LogP contribution in [0.15, 0.2) is 36.5 Å². The normalized spacial score (nSPS) is 27.6. The van der Waals surface area contributed by atoms with Crippen molar-refractivity contribution in [2.75, 3.05) is 12.6 Å². The second-order valence-electron chi connectivity index (χ2n) is 11.3. The van der Waals surface area contributed by atoms with Crippen LogP contribution in [0.2, 0.25) is 0 Å². The lowest BCUT2D eigenvalue weighted by atomic mass is 9.47. The quantitative estimate of drug-likeness (QED) is 0.330. The van der Waals surface area contributed by atoms with Crippen LogP contribution in [-0.4, -0.2) is 21.6 Å². The molecule has 2 saturated carbocycles. The minimum absolute atomic E-state index is 0.403. The number of hydrogen-bond acceptors (Lipinski definition) is 4. The fourth-order valence-corrected chi connectivity index (χ4v) is 7.06. The summed E-state index contributed by atoms with van der Waals surface area (Å²) in [5, 5.41) is 0. The third-order valence-electron chi connectivity index (χ3n) is 8.72. The molecule has 2 aliphatic carbocycles. The molecule has 2 heterocycles. The highest BCUT2D eigenvalue weighted by molar-refractivity contribution is 5.80. The first-order valence-electron chi connectivity index (χ1n) is 12.5. The summed E-state index contributed by atoms with van der Waals surface area (Å²) in [5.74, 6) is 2.14. The van der Waals surface area contributed by atoms with Crippen LogP contribution in [-0.2, 0) is 18.4 Å². The van der Waals surface area contributed by atoms with E-state index in [2.05, 4.69) is 66.7 Å². The van der Waals surface area contributed by atoms with Crippen LogP contribution >= 0.6 is 0 Å². The summed E-state index contributed by atoms with van der Waals surface area (Å²) in [4.78, 5) is 13.9. The van der Waals surface area contributed by atoms with Crippen LogP contribution in [0.3, 0.4) is 0 Å². The van der Waals surface area contributed by atoms with Gasteiger partial charge in [-0.2, -0.15) is 4.98 Å². The molecule has 33 heavy (non-hydrogen) atoms. The van der Waals surface area contributed by atoms with E-state index in [0.717, 1.165) is 30.0 Å². The lowest BCUT2D eigenvalue weighted by Crippen LogP contribution is -2.49. The van der Waals surface area contributed by atoms with E-state index in [1.54, 1.807) is 13.4 Å². The molecule has 0 saturated heterocycles. The van der Waals surface area contributed by atoms with Gasteiger partial charge in [-0.3, -0.25) is 9.40 Å². The Bertz CT molecular complexity index is 1050. The van der Waals surface area contributed by atoms with E-state index in [0.29, 0.717) is 22.6 Å². The molecule has 0 spiro atoms. The van der Waals surface area contributed by atoms with Crippen LogP contribution < -0.4 is 10.0 Å². The highest BCUT2D eigenvalue weighted by Gasteiger charge is 2.52. The van der Waals surface area contributed by atoms with Gasteiger partial charge in [-0.1, -0.05) is 56.0 Å². The lowest BCUT2D eigenvalue weighted by molar-refractivity contribution is -0.647. The van der Waals surface area contributed by atoms with Gasteiger partial charge < -0.3 is 0 Å². The second-order valence-corrected chi connectivity index (χ2v) is 11.3. The third-order valence-corrected chi connectivity index (χ3v) is 8.72. The fourth-order valence-electron chi connectivity index (χ4n) is 7.06. The molecule has 0 aromatic carbocycles. The van der Waals surface area contributed by atoms with Gasteiger partial charge in [-0.15, -0.1) is 0 Å². The monoisotopic (exact) mass is 452 g/mol. The van der Waals surface area contributed by atoms with E-state index in [1.165, 1.54) is 49.7 Å². The van der Waals surface area contributed by atoms with Crippen molar-refractivity contribution in [3.05, 3.63) is 36.5 Å². The number of nitrogens with one attached hydrogen (secondary N) is 1. The van der Waals surface area contributed by atoms with Gasteiger partial charge in [0, 0.05) is 0 Å². The summed E-state index contributed by atoms with van der Waals surface area (Å²) in [6.07, 6.45) is 14.9. The zero-order valence-corrected chi connectivity index (χ0v) is 21.4. The third kappa shape index (κ3) is 4.46. The molecular formula is C27H42N5O+. The first kappa shape index (κ1) is 23.9. The molecule has 2 fully saturated rings.